The Kier molecular flexibility index (Phi) is 6.47. The van der Waals surface area contributed by atoms with Gasteiger partial charge in [-0.05, 0) is 61.2 Å². The van der Waals surface area contributed by atoms with Crippen LogP contribution >= 0.6 is 11.6 Å². The second-order valence-corrected chi connectivity index (χ2v) is 8.17. The Labute approximate surface area is 189 Å². The topological polar surface area (TPSA) is 140 Å². The number of rotatable bonds is 6. The average molecular weight is 458 g/mol. The number of hydrogen-bond acceptors (Lipinski definition) is 9. The Morgan fingerprint density at radius 2 is 2.22 bits per heavy atom. The van der Waals surface area contributed by atoms with Gasteiger partial charge in [0, 0.05) is 17.6 Å². The number of carbonyl (C=O) groups excluding carboxylic acids is 1. The van der Waals surface area contributed by atoms with Gasteiger partial charge in [-0.15, -0.1) is 5.10 Å². The zero-order valence-electron chi connectivity index (χ0n) is 17.8. The van der Waals surface area contributed by atoms with E-state index >= 15 is 0 Å². The molecule has 2 aromatic heterocycles. The summed E-state index contributed by atoms with van der Waals surface area (Å²) in [7, 11) is 0. The smallest absolute Gasteiger partial charge is 0.293 e. The van der Waals surface area contributed by atoms with Crippen LogP contribution in [0.1, 0.15) is 54.9 Å². The number of likely N-dealkylation sites (tertiary alicyclic amines) is 1. The van der Waals surface area contributed by atoms with E-state index in [0.717, 1.165) is 24.9 Å². The molecule has 1 atom stereocenters. The van der Waals surface area contributed by atoms with Gasteiger partial charge in [0.2, 0.25) is 11.6 Å². The number of hydrogen-bond donors (Lipinski definition) is 2. The van der Waals surface area contributed by atoms with E-state index in [4.69, 9.17) is 22.0 Å². The molecule has 4 rings (SSSR count). The molecule has 0 radical (unpaired) electrons. The predicted octanol–water partition coefficient (Wildman–Crippen LogP) is 2.41. The van der Waals surface area contributed by atoms with Crippen molar-refractivity contribution in [3.05, 3.63) is 46.2 Å². The van der Waals surface area contributed by atoms with Crippen molar-refractivity contribution in [2.75, 3.05) is 12.3 Å². The number of carbonyl (C=O) groups is 1. The van der Waals surface area contributed by atoms with E-state index in [9.17, 15) is 4.79 Å². The van der Waals surface area contributed by atoms with Gasteiger partial charge in [-0.3, -0.25) is 9.69 Å². The van der Waals surface area contributed by atoms with E-state index < -0.39 is 5.91 Å². The Morgan fingerprint density at radius 3 is 2.94 bits per heavy atom. The molecule has 12 heteroatoms. The molecule has 0 bridgehead atoms. The number of nitrogens with zero attached hydrogens (tertiary/aromatic N) is 7. The molecule has 1 fully saturated rings. The number of nitrogens with one attached hydrogen (secondary N) is 1. The fourth-order valence-electron chi connectivity index (χ4n) is 3.68. The van der Waals surface area contributed by atoms with E-state index in [1.807, 2.05) is 12.1 Å². The fourth-order valence-corrected chi connectivity index (χ4v) is 3.87. The van der Waals surface area contributed by atoms with E-state index in [0.29, 0.717) is 29.0 Å². The molecule has 11 nitrogen and oxygen atoms in total. The highest BCUT2D eigenvalue weighted by molar-refractivity contribution is 6.31. The lowest BCUT2D eigenvalue weighted by Crippen LogP contribution is -2.38. The van der Waals surface area contributed by atoms with Crippen molar-refractivity contribution < 1.29 is 9.42 Å². The third-order valence-electron chi connectivity index (χ3n) is 5.54. The van der Waals surface area contributed by atoms with Crippen LogP contribution in [0, 0.1) is 0 Å². The summed E-state index contributed by atoms with van der Waals surface area (Å²) in [5.41, 5.74) is 10.5. The van der Waals surface area contributed by atoms with Gasteiger partial charge >= 0.3 is 0 Å². The first kappa shape index (κ1) is 21.9. The number of nitrogen functional groups attached to an aromatic ring is 1. The molecule has 0 saturated carbocycles. The van der Waals surface area contributed by atoms with Gasteiger partial charge in [0.05, 0.1) is 11.4 Å². The molecule has 1 aliphatic heterocycles. The van der Waals surface area contributed by atoms with Gasteiger partial charge in [0.1, 0.15) is 0 Å². The predicted molar refractivity (Wildman–Crippen MR) is 118 cm³/mol. The number of amides is 1. The van der Waals surface area contributed by atoms with Crippen molar-refractivity contribution in [2.45, 2.75) is 45.7 Å². The van der Waals surface area contributed by atoms with Crippen LogP contribution in [0.4, 0.5) is 5.82 Å². The number of benzene rings is 1. The first-order chi connectivity index (χ1) is 15.4. The first-order valence-corrected chi connectivity index (χ1v) is 10.7. The summed E-state index contributed by atoms with van der Waals surface area (Å²) in [5.74, 6) is -0.244. The van der Waals surface area contributed by atoms with Crippen molar-refractivity contribution in [3.63, 3.8) is 0 Å². The van der Waals surface area contributed by atoms with Crippen LogP contribution in [0.25, 0.3) is 5.82 Å². The number of anilines is 1. The zero-order valence-corrected chi connectivity index (χ0v) is 18.6. The number of aromatic nitrogens is 5. The summed E-state index contributed by atoms with van der Waals surface area (Å²) in [4.78, 5) is 15.3. The van der Waals surface area contributed by atoms with Gasteiger partial charge in [-0.25, -0.2) is 10.1 Å². The van der Waals surface area contributed by atoms with Crippen LogP contribution in [0.5, 0.6) is 0 Å². The minimum Gasteiger partial charge on any atom is -0.378 e. The molecule has 1 aliphatic rings. The lowest BCUT2D eigenvalue weighted by molar-refractivity contribution is 0.0944. The molecule has 3 heterocycles. The summed E-state index contributed by atoms with van der Waals surface area (Å²) in [5, 5.41) is 20.4. The van der Waals surface area contributed by atoms with Crippen LogP contribution in [-0.4, -0.2) is 54.4 Å². The maximum absolute atomic E-state index is 13.0. The Balaban J connectivity index is 1.62. The molecular formula is C20H24ClN9O2. The van der Waals surface area contributed by atoms with Gasteiger partial charge in [-0.1, -0.05) is 35.4 Å². The molecule has 168 valence electrons. The second-order valence-electron chi connectivity index (χ2n) is 7.73. The van der Waals surface area contributed by atoms with Crippen molar-refractivity contribution in [2.24, 2.45) is 5.10 Å². The van der Waals surface area contributed by atoms with Crippen molar-refractivity contribution in [1.29, 1.82) is 0 Å². The molecule has 3 N–H and O–H groups in total. The Hall–Kier alpha value is -3.31. The minimum atomic E-state index is -0.493. The zero-order chi connectivity index (χ0) is 22.7. The number of hydrazone groups is 1. The number of nitrogens with two attached hydrogens (primary N) is 1. The van der Waals surface area contributed by atoms with Gasteiger partial charge in [0.25, 0.3) is 5.91 Å². The van der Waals surface area contributed by atoms with Gasteiger partial charge in [0.15, 0.2) is 5.69 Å². The first-order valence-electron chi connectivity index (χ1n) is 10.3. The highest BCUT2D eigenvalue weighted by Crippen LogP contribution is 2.22. The number of piperidine rings is 1. The quantitative estimate of drug-likeness (QED) is 0.424. The molecule has 0 aliphatic carbocycles. The van der Waals surface area contributed by atoms with Gasteiger partial charge in [-0.2, -0.15) is 9.78 Å². The van der Waals surface area contributed by atoms with E-state index in [-0.39, 0.29) is 17.3 Å². The molecule has 0 spiro atoms. The Bertz CT molecular complexity index is 1140. The summed E-state index contributed by atoms with van der Waals surface area (Å²) < 4.78 is 6.11. The van der Waals surface area contributed by atoms with Crippen LogP contribution in [0.15, 0.2) is 34.0 Å². The van der Waals surface area contributed by atoms with Crippen molar-refractivity contribution in [3.8, 4) is 5.82 Å². The SMILES string of the molecule is CC(=NNC(=O)c1nnn(-c2nonc2N)c1CN1CCCCC1C)c1cccc(Cl)c1. The molecule has 3 aromatic rings. The van der Waals surface area contributed by atoms with E-state index in [1.54, 1.807) is 19.1 Å². The lowest BCUT2D eigenvalue weighted by Gasteiger charge is -2.33. The van der Waals surface area contributed by atoms with E-state index in [2.05, 4.69) is 43.0 Å². The van der Waals surface area contributed by atoms with E-state index in [1.165, 1.54) is 11.1 Å². The fraction of sp³-hybridized carbons (Fsp3) is 0.400. The standard InChI is InChI=1S/C20H24ClN9O2/c1-12-6-3-4-9-29(12)11-16-17(24-28-30(16)19-18(22)26-32-27-19)20(31)25-23-13(2)14-7-5-8-15(21)10-14/h5,7-8,10,12H,3-4,6,9,11H2,1-2H3,(H2,22,26)(H,25,31). The molecule has 1 aromatic carbocycles. The van der Waals surface area contributed by atoms with Crippen LogP contribution in [0.3, 0.4) is 0 Å². The highest BCUT2D eigenvalue weighted by atomic mass is 35.5. The third kappa shape index (κ3) is 4.63. The number of halogens is 1. The molecule has 1 saturated heterocycles. The summed E-state index contributed by atoms with van der Waals surface area (Å²) >= 11 is 6.04. The summed E-state index contributed by atoms with van der Waals surface area (Å²) in [6.45, 7) is 5.30. The monoisotopic (exact) mass is 457 g/mol. The third-order valence-corrected chi connectivity index (χ3v) is 5.77. The highest BCUT2D eigenvalue weighted by Gasteiger charge is 2.28. The Morgan fingerprint density at radius 1 is 1.38 bits per heavy atom. The maximum Gasteiger partial charge on any atom is 0.293 e. The second kappa shape index (κ2) is 9.45. The van der Waals surface area contributed by atoms with Crippen molar-refractivity contribution >= 4 is 29.0 Å². The molecule has 32 heavy (non-hydrogen) atoms. The molecule has 1 unspecified atom stereocenters. The van der Waals surface area contributed by atoms with Gasteiger partial charge < -0.3 is 5.73 Å². The average Bonchev–Trinajstić information content (AvgIpc) is 3.39. The van der Waals surface area contributed by atoms with Crippen molar-refractivity contribution in [1.82, 2.24) is 35.6 Å². The molecule has 1 amide bonds. The summed E-state index contributed by atoms with van der Waals surface area (Å²) in [6, 6.07) is 7.58. The maximum atomic E-state index is 13.0. The van der Waals surface area contributed by atoms with Crippen LogP contribution in [-0.2, 0) is 6.54 Å². The molecular weight excluding hydrogens is 434 g/mol. The summed E-state index contributed by atoms with van der Waals surface area (Å²) in [6.07, 6.45) is 3.35. The minimum absolute atomic E-state index is 0.0598. The van der Waals surface area contributed by atoms with Crippen LogP contribution < -0.4 is 11.2 Å². The lowest BCUT2D eigenvalue weighted by atomic mass is 10.0. The van der Waals surface area contributed by atoms with Crippen LogP contribution in [0.2, 0.25) is 5.02 Å². The largest absolute Gasteiger partial charge is 0.378 e. The normalized spacial score (nSPS) is 17.5.